The molecular weight excluding hydrogens is 328 g/mol. The maximum atomic E-state index is 12.7. The first-order valence-electron chi connectivity index (χ1n) is 9.72. The highest BCUT2D eigenvalue weighted by Crippen LogP contribution is 2.26. The maximum absolute atomic E-state index is 12.7. The zero-order valence-electron chi connectivity index (χ0n) is 16.0. The van der Waals surface area contributed by atoms with E-state index in [-0.39, 0.29) is 35.2 Å². The molecule has 1 saturated heterocycles. The van der Waals surface area contributed by atoms with Crippen molar-refractivity contribution in [3.63, 3.8) is 0 Å². The lowest BCUT2D eigenvalue weighted by molar-refractivity contribution is -0.780. The maximum Gasteiger partial charge on any atom is 0.321 e. The number of imide groups is 1. The normalized spacial score (nSPS) is 22.2. The highest BCUT2D eigenvalue weighted by molar-refractivity contribution is 5.83. The Labute approximate surface area is 156 Å². The van der Waals surface area contributed by atoms with Crippen molar-refractivity contribution >= 4 is 18.2 Å². The molecule has 0 radical (unpaired) electrons. The molecule has 1 heterocycles. The number of benzene rings is 1. The first kappa shape index (κ1) is 20.3. The third kappa shape index (κ3) is 4.79. The third-order valence-electron chi connectivity index (χ3n) is 5.49. The van der Waals surface area contributed by atoms with Gasteiger partial charge in [-0.2, -0.15) is 4.48 Å². The smallest absolute Gasteiger partial charge is 0.321 e. The number of hydrogen-bond acceptors (Lipinski definition) is 3. The van der Waals surface area contributed by atoms with Crippen LogP contribution in [0.4, 0.5) is 0 Å². The standard InChI is InChI=1S/C21H31N2O3/c1-3-4-14-22(16-19-10-6-5-7-11-19)20(25)12-13-21(26)23(17-24)15-8-9-18(23)2/h5-7,10-11,17-18H,3-4,8-9,12-16H2,1-2H3/q+1/t18-,23?/m1/s1. The SMILES string of the molecule is CCCCN(Cc1ccccc1)C(=O)CCC(=O)[N+]1(C=O)CCC[C@H]1C. The van der Waals surface area contributed by atoms with Crippen molar-refractivity contribution in [2.45, 2.75) is 65.0 Å². The summed E-state index contributed by atoms with van der Waals surface area (Å²) in [6.45, 7) is 5.88. The van der Waals surface area contributed by atoms with Crippen molar-refractivity contribution in [1.82, 2.24) is 4.90 Å². The van der Waals surface area contributed by atoms with Crippen LogP contribution in [0.15, 0.2) is 30.3 Å². The Balaban J connectivity index is 1.97. The molecule has 0 N–H and O–H groups in total. The molecule has 1 aromatic rings. The largest absolute Gasteiger partial charge is 0.338 e. The van der Waals surface area contributed by atoms with Crippen molar-refractivity contribution in [2.24, 2.45) is 0 Å². The zero-order chi connectivity index (χ0) is 19.0. The summed E-state index contributed by atoms with van der Waals surface area (Å²) in [4.78, 5) is 38.8. The number of carbonyl (C=O) groups is 3. The molecular formula is C21H31N2O3+. The van der Waals surface area contributed by atoms with Crippen molar-refractivity contribution in [1.29, 1.82) is 0 Å². The van der Waals surface area contributed by atoms with Gasteiger partial charge in [-0.25, -0.2) is 9.59 Å². The van der Waals surface area contributed by atoms with E-state index >= 15 is 0 Å². The molecule has 142 valence electrons. The number of hydrogen-bond donors (Lipinski definition) is 0. The van der Waals surface area contributed by atoms with Gasteiger partial charge in [0.1, 0.15) is 6.04 Å². The van der Waals surface area contributed by atoms with Gasteiger partial charge >= 0.3 is 12.3 Å². The van der Waals surface area contributed by atoms with E-state index in [9.17, 15) is 14.4 Å². The van der Waals surface area contributed by atoms with Crippen molar-refractivity contribution in [2.75, 3.05) is 13.1 Å². The number of amides is 3. The lowest BCUT2D eigenvalue weighted by Crippen LogP contribution is -2.54. The molecule has 0 spiro atoms. The third-order valence-corrected chi connectivity index (χ3v) is 5.49. The van der Waals surface area contributed by atoms with Crippen LogP contribution in [0.2, 0.25) is 0 Å². The van der Waals surface area contributed by atoms with Gasteiger partial charge in [0.2, 0.25) is 5.91 Å². The van der Waals surface area contributed by atoms with Gasteiger partial charge in [-0.15, -0.1) is 0 Å². The van der Waals surface area contributed by atoms with Crippen LogP contribution in [-0.4, -0.2) is 46.7 Å². The summed E-state index contributed by atoms with van der Waals surface area (Å²) in [6, 6.07) is 9.93. The monoisotopic (exact) mass is 359 g/mol. The number of nitrogens with zero attached hydrogens (tertiary/aromatic N) is 2. The van der Waals surface area contributed by atoms with E-state index in [0.717, 1.165) is 37.7 Å². The van der Waals surface area contributed by atoms with E-state index in [1.54, 1.807) is 0 Å². The average molecular weight is 359 g/mol. The predicted molar refractivity (Wildman–Crippen MR) is 101 cm³/mol. The lowest BCUT2D eigenvalue weighted by Gasteiger charge is -2.29. The highest BCUT2D eigenvalue weighted by atomic mass is 16.2. The second kappa shape index (κ2) is 9.62. The average Bonchev–Trinajstić information content (AvgIpc) is 3.05. The molecule has 1 unspecified atom stereocenters. The Morgan fingerprint density at radius 3 is 2.54 bits per heavy atom. The summed E-state index contributed by atoms with van der Waals surface area (Å²) in [5.41, 5.74) is 1.09. The van der Waals surface area contributed by atoms with E-state index in [1.807, 2.05) is 42.2 Å². The van der Waals surface area contributed by atoms with Gasteiger partial charge in [0, 0.05) is 32.4 Å². The summed E-state index contributed by atoms with van der Waals surface area (Å²) in [7, 11) is 0. The first-order valence-corrected chi connectivity index (χ1v) is 9.72. The van der Waals surface area contributed by atoms with Crippen LogP contribution < -0.4 is 0 Å². The number of likely N-dealkylation sites (tertiary alicyclic amines) is 1. The molecule has 1 aliphatic heterocycles. The first-order chi connectivity index (χ1) is 12.5. The van der Waals surface area contributed by atoms with Gasteiger partial charge in [0.25, 0.3) is 0 Å². The number of unbranched alkanes of at least 4 members (excludes halogenated alkanes) is 1. The van der Waals surface area contributed by atoms with Crippen LogP contribution in [0.5, 0.6) is 0 Å². The fraction of sp³-hybridized carbons (Fsp3) is 0.571. The minimum absolute atomic E-state index is 0.00782. The second-order valence-electron chi connectivity index (χ2n) is 7.30. The molecule has 5 nitrogen and oxygen atoms in total. The molecule has 0 aromatic heterocycles. The highest BCUT2D eigenvalue weighted by Gasteiger charge is 2.45. The molecule has 0 aliphatic carbocycles. The van der Waals surface area contributed by atoms with Crippen LogP contribution in [0, 0.1) is 0 Å². The van der Waals surface area contributed by atoms with Crippen molar-refractivity contribution in [3.8, 4) is 0 Å². The van der Waals surface area contributed by atoms with Crippen molar-refractivity contribution in [3.05, 3.63) is 35.9 Å². The summed E-state index contributed by atoms with van der Waals surface area (Å²) >= 11 is 0. The molecule has 3 amide bonds. The summed E-state index contributed by atoms with van der Waals surface area (Å²) in [5.74, 6) is -0.125. The quantitative estimate of drug-likeness (QED) is 0.502. The fourth-order valence-corrected chi connectivity index (χ4v) is 3.71. The molecule has 26 heavy (non-hydrogen) atoms. The van der Waals surface area contributed by atoms with Crippen LogP contribution in [-0.2, 0) is 20.9 Å². The summed E-state index contributed by atoms with van der Waals surface area (Å²) in [6.07, 6.45) is 4.82. The van der Waals surface area contributed by atoms with Gasteiger partial charge in [-0.1, -0.05) is 43.7 Å². The summed E-state index contributed by atoms with van der Waals surface area (Å²) in [5, 5.41) is 0. The number of quaternary nitrogens is 1. The van der Waals surface area contributed by atoms with Gasteiger partial charge in [0.15, 0.2) is 0 Å². The minimum atomic E-state index is -0.117. The zero-order valence-corrected chi connectivity index (χ0v) is 16.0. The molecule has 1 fully saturated rings. The van der Waals surface area contributed by atoms with E-state index in [1.165, 1.54) is 0 Å². The Hall–Kier alpha value is -2.01. The van der Waals surface area contributed by atoms with Crippen LogP contribution in [0.25, 0.3) is 0 Å². The molecule has 2 atom stereocenters. The van der Waals surface area contributed by atoms with Crippen LogP contribution in [0.3, 0.4) is 0 Å². The lowest BCUT2D eigenvalue weighted by atomic mass is 10.1. The Morgan fingerprint density at radius 1 is 1.23 bits per heavy atom. The fourth-order valence-electron chi connectivity index (χ4n) is 3.71. The molecule has 1 aromatic carbocycles. The van der Waals surface area contributed by atoms with Crippen molar-refractivity contribution < 1.29 is 18.9 Å². The van der Waals surface area contributed by atoms with Crippen LogP contribution in [0.1, 0.15) is 57.9 Å². The molecule has 0 saturated carbocycles. The Morgan fingerprint density at radius 2 is 1.96 bits per heavy atom. The van der Waals surface area contributed by atoms with Crippen LogP contribution >= 0.6 is 0 Å². The summed E-state index contributed by atoms with van der Waals surface area (Å²) < 4.78 is -0.110. The van der Waals surface area contributed by atoms with E-state index < -0.39 is 0 Å². The second-order valence-corrected chi connectivity index (χ2v) is 7.30. The molecule has 2 rings (SSSR count). The Bertz CT molecular complexity index is 617. The molecule has 5 heteroatoms. The van der Waals surface area contributed by atoms with E-state index in [0.29, 0.717) is 19.6 Å². The van der Waals surface area contributed by atoms with E-state index in [4.69, 9.17) is 0 Å². The van der Waals surface area contributed by atoms with Gasteiger partial charge in [0.05, 0.1) is 13.0 Å². The van der Waals surface area contributed by atoms with Gasteiger partial charge in [-0.3, -0.25) is 4.79 Å². The predicted octanol–water partition coefficient (Wildman–Crippen LogP) is 3.28. The van der Waals surface area contributed by atoms with Gasteiger partial charge < -0.3 is 4.90 Å². The Kier molecular flexibility index (Phi) is 7.51. The number of rotatable bonds is 9. The topological polar surface area (TPSA) is 54.5 Å². The molecule has 0 bridgehead atoms. The number of carbonyl (C=O) groups excluding carboxylic acids is 3. The minimum Gasteiger partial charge on any atom is -0.338 e. The van der Waals surface area contributed by atoms with Gasteiger partial charge in [-0.05, 0) is 18.9 Å². The molecule has 1 aliphatic rings. The van der Waals surface area contributed by atoms with E-state index in [2.05, 4.69) is 6.92 Å².